The van der Waals surface area contributed by atoms with E-state index in [1.165, 1.54) is 6.08 Å². The molecule has 36 heavy (non-hydrogen) atoms. The normalized spacial score (nSPS) is 31.4. The van der Waals surface area contributed by atoms with Gasteiger partial charge in [0, 0.05) is 30.5 Å². The van der Waals surface area contributed by atoms with E-state index in [0.717, 1.165) is 12.8 Å². The van der Waals surface area contributed by atoms with Crippen LogP contribution < -0.4 is 0 Å². The van der Waals surface area contributed by atoms with Gasteiger partial charge in [0.15, 0.2) is 0 Å². The van der Waals surface area contributed by atoms with Gasteiger partial charge in [0.1, 0.15) is 12.6 Å². The molecule has 1 spiro atoms. The Labute approximate surface area is 220 Å². The molecule has 202 valence electrons. The predicted molar refractivity (Wildman–Crippen MR) is 143 cm³/mol. The molecule has 3 aliphatic rings. The number of nitrogens with zero attached hydrogens (tertiary/aromatic N) is 2. The van der Waals surface area contributed by atoms with Crippen LogP contribution in [0.25, 0.3) is 0 Å². The van der Waals surface area contributed by atoms with Gasteiger partial charge in [-0.15, -0.1) is 18.3 Å². The van der Waals surface area contributed by atoms with Gasteiger partial charge in [-0.25, -0.2) is 0 Å². The topological polar surface area (TPSA) is 87.2 Å². The van der Waals surface area contributed by atoms with Crippen LogP contribution in [0.15, 0.2) is 25.3 Å². The Morgan fingerprint density at radius 1 is 1.25 bits per heavy atom. The minimum Gasteiger partial charge on any atom is -0.461 e. The summed E-state index contributed by atoms with van der Waals surface area (Å²) in [6, 6.07) is -0.706. The van der Waals surface area contributed by atoms with Crippen LogP contribution in [0.1, 0.15) is 60.8 Å². The molecule has 3 rings (SSSR count). The number of carbonyl (C=O) groups excluding carboxylic acids is 3. The van der Waals surface area contributed by atoms with Gasteiger partial charge < -0.3 is 19.6 Å². The number of aliphatic hydroxyl groups is 1. The molecule has 2 bridgehead atoms. The highest BCUT2D eigenvalue weighted by Gasteiger charge is 2.76. The van der Waals surface area contributed by atoms with E-state index < -0.39 is 28.2 Å². The SMILES string of the molecule is C=CCOC(=O)[C@@H]1[C@@H]2CC(C)C3(S2)C(C(=O)N(CC=C)C(C)(C)CC(C)(C)C)N(CCCO)C(=O)[C@H]13. The molecule has 0 saturated carbocycles. The van der Waals surface area contributed by atoms with Crippen molar-refractivity contribution in [3.05, 3.63) is 25.3 Å². The summed E-state index contributed by atoms with van der Waals surface area (Å²) < 4.78 is 4.73. The fraction of sp³-hybridized carbons (Fsp3) is 0.750. The largest absolute Gasteiger partial charge is 0.461 e. The third kappa shape index (κ3) is 4.87. The second kappa shape index (κ2) is 10.5. The first-order chi connectivity index (χ1) is 16.8. The van der Waals surface area contributed by atoms with Gasteiger partial charge in [-0.1, -0.05) is 46.4 Å². The van der Waals surface area contributed by atoms with E-state index in [1.807, 2.05) is 4.90 Å². The standard InChI is InChI=1S/C28H44N2O5S/c1-9-12-30(27(7,8)17-26(4,5)6)24(33)22-28-18(3)16-19(36-28)20(25(34)35-15-10-2)21(28)23(32)29(22)13-11-14-31/h9-10,18-22,31H,1-2,11-17H2,3-8H3/t18?,19-,20+,21-,22?,28?/m0/s1. The number of hydrogen-bond donors (Lipinski definition) is 1. The lowest BCUT2D eigenvalue weighted by atomic mass is 9.66. The third-order valence-electron chi connectivity index (χ3n) is 7.92. The Morgan fingerprint density at radius 3 is 2.47 bits per heavy atom. The molecule has 0 radical (unpaired) electrons. The Balaban J connectivity index is 2.09. The van der Waals surface area contributed by atoms with Gasteiger partial charge in [0.2, 0.25) is 11.8 Å². The average molecular weight is 521 g/mol. The molecule has 3 aliphatic heterocycles. The van der Waals surface area contributed by atoms with Crippen molar-refractivity contribution in [1.29, 1.82) is 0 Å². The van der Waals surface area contributed by atoms with Crippen LogP contribution in [0, 0.1) is 23.2 Å². The van der Waals surface area contributed by atoms with Crippen LogP contribution in [0.4, 0.5) is 0 Å². The number of carbonyl (C=O) groups is 3. The number of likely N-dealkylation sites (tertiary alicyclic amines) is 1. The van der Waals surface area contributed by atoms with Crippen LogP contribution in [0.2, 0.25) is 0 Å². The van der Waals surface area contributed by atoms with Crippen molar-refractivity contribution in [2.45, 2.75) is 82.4 Å². The van der Waals surface area contributed by atoms with E-state index in [4.69, 9.17) is 4.74 Å². The molecule has 0 aromatic rings. The van der Waals surface area contributed by atoms with E-state index in [-0.39, 0.29) is 54.1 Å². The Bertz CT molecular complexity index is 897. The van der Waals surface area contributed by atoms with Gasteiger partial charge in [-0.05, 0) is 44.4 Å². The second-order valence-corrected chi connectivity index (χ2v) is 13.9. The number of fused-ring (bicyclic) bond motifs is 1. The number of esters is 1. The van der Waals surface area contributed by atoms with Crippen molar-refractivity contribution in [2.75, 3.05) is 26.3 Å². The number of aliphatic hydroxyl groups excluding tert-OH is 1. The predicted octanol–water partition coefficient (Wildman–Crippen LogP) is 3.66. The van der Waals surface area contributed by atoms with Crippen molar-refractivity contribution in [3.8, 4) is 0 Å². The molecule has 6 atom stereocenters. The molecule has 3 heterocycles. The van der Waals surface area contributed by atoms with Crippen molar-refractivity contribution < 1.29 is 24.2 Å². The summed E-state index contributed by atoms with van der Waals surface area (Å²) in [4.78, 5) is 45.2. The van der Waals surface area contributed by atoms with E-state index in [9.17, 15) is 19.5 Å². The first-order valence-electron chi connectivity index (χ1n) is 13.1. The fourth-order valence-electron chi connectivity index (χ4n) is 7.09. The molecule has 3 unspecified atom stereocenters. The van der Waals surface area contributed by atoms with Crippen LogP contribution in [-0.4, -0.2) is 80.6 Å². The van der Waals surface area contributed by atoms with Crippen molar-refractivity contribution >= 4 is 29.5 Å². The number of ether oxygens (including phenoxy) is 1. The first kappa shape index (κ1) is 28.8. The second-order valence-electron chi connectivity index (χ2n) is 12.4. The molecule has 3 fully saturated rings. The van der Waals surface area contributed by atoms with E-state index in [2.05, 4.69) is 54.7 Å². The maximum absolute atomic E-state index is 14.6. The summed E-state index contributed by atoms with van der Waals surface area (Å²) in [7, 11) is 0. The lowest BCUT2D eigenvalue weighted by Crippen LogP contribution is -2.61. The molecule has 8 heteroatoms. The van der Waals surface area contributed by atoms with Gasteiger partial charge in [0.05, 0.1) is 16.6 Å². The number of amides is 2. The van der Waals surface area contributed by atoms with Crippen LogP contribution in [0.3, 0.4) is 0 Å². The van der Waals surface area contributed by atoms with Crippen molar-refractivity contribution in [2.24, 2.45) is 23.2 Å². The highest BCUT2D eigenvalue weighted by Crippen LogP contribution is 2.69. The molecule has 3 saturated heterocycles. The summed E-state index contributed by atoms with van der Waals surface area (Å²) in [5.74, 6) is -1.77. The molecular weight excluding hydrogens is 476 g/mol. The Hall–Kier alpha value is -1.80. The summed E-state index contributed by atoms with van der Waals surface area (Å²) in [6.45, 7) is 20.9. The van der Waals surface area contributed by atoms with Crippen molar-refractivity contribution in [3.63, 3.8) is 0 Å². The smallest absolute Gasteiger partial charge is 0.311 e. The number of hydrogen-bond acceptors (Lipinski definition) is 6. The minimum absolute atomic E-state index is 0.0139. The summed E-state index contributed by atoms with van der Waals surface area (Å²) in [5.41, 5.74) is -0.489. The van der Waals surface area contributed by atoms with Crippen LogP contribution in [0.5, 0.6) is 0 Å². The van der Waals surface area contributed by atoms with E-state index in [1.54, 1.807) is 22.7 Å². The third-order valence-corrected chi connectivity index (χ3v) is 10.00. The molecule has 0 aromatic heterocycles. The van der Waals surface area contributed by atoms with E-state index >= 15 is 0 Å². The molecule has 7 nitrogen and oxygen atoms in total. The van der Waals surface area contributed by atoms with E-state index in [0.29, 0.717) is 13.0 Å². The zero-order valence-corrected chi connectivity index (χ0v) is 23.6. The number of rotatable bonds is 11. The summed E-state index contributed by atoms with van der Waals surface area (Å²) in [6.07, 6.45) is 5.17. The van der Waals surface area contributed by atoms with Crippen LogP contribution in [-0.2, 0) is 19.1 Å². The molecule has 2 amide bonds. The van der Waals surface area contributed by atoms with Crippen molar-refractivity contribution in [1.82, 2.24) is 9.80 Å². The zero-order chi connectivity index (χ0) is 27.1. The lowest BCUT2D eigenvalue weighted by Gasteiger charge is -2.46. The number of thioether (sulfide) groups is 1. The summed E-state index contributed by atoms with van der Waals surface area (Å²) in [5, 5.41) is 9.52. The van der Waals surface area contributed by atoms with Gasteiger partial charge in [-0.2, -0.15) is 0 Å². The lowest BCUT2D eigenvalue weighted by molar-refractivity contribution is -0.153. The fourth-order valence-corrected chi connectivity index (χ4v) is 9.50. The maximum Gasteiger partial charge on any atom is 0.311 e. The molecule has 1 N–H and O–H groups in total. The maximum atomic E-state index is 14.6. The van der Waals surface area contributed by atoms with Crippen LogP contribution >= 0.6 is 11.8 Å². The van der Waals surface area contributed by atoms with Gasteiger partial charge >= 0.3 is 5.97 Å². The highest BCUT2D eigenvalue weighted by molar-refractivity contribution is 8.02. The highest BCUT2D eigenvalue weighted by atomic mass is 32.2. The Morgan fingerprint density at radius 2 is 1.92 bits per heavy atom. The minimum atomic E-state index is -0.706. The monoisotopic (exact) mass is 520 g/mol. The zero-order valence-electron chi connectivity index (χ0n) is 22.8. The van der Waals surface area contributed by atoms with Gasteiger partial charge in [0.25, 0.3) is 0 Å². The average Bonchev–Trinajstić information content (AvgIpc) is 3.36. The quantitative estimate of drug-likeness (QED) is 0.331. The summed E-state index contributed by atoms with van der Waals surface area (Å²) >= 11 is 1.64. The molecule has 0 aliphatic carbocycles. The molecular formula is C28H44N2O5S. The first-order valence-corrected chi connectivity index (χ1v) is 13.9. The van der Waals surface area contributed by atoms with Gasteiger partial charge in [-0.3, -0.25) is 14.4 Å². The molecule has 0 aromatic carbocycles. The Kier molecular flexibility index (Phi) is 8.41.